The van der Waals surface area contributed by atoms with E-state index in [1.807, 2.05) is 4.90 Å². The molecule has 168 valence electrons. The molecular formula is C22H36IN5O2. The highest BCUT2D eigenvalue weighted by molar-refractivity contribution is 14.0. The zero-order valence-electron chi connectivity index (χ0n) is 18.3. The number of halogens is 1. The Morgan fingerprint density at radius 2 is 1.70 bits per heavy atom. The number of amides is 1. The summed E-state index contributed by atoms with van der Waals surface area (Å²) < 4.78 is 5.33. The van der Waals surface area contributed by atoms with Crippen molar-refractivity contribution in [3.63, 3.8) is 0 Å². The molecule has 7 nitrogen and oxygen atoms in total. The Morgan fingerprint density at radius 1 is 1.03 bits per heavy atom. The van der Waals surface area contributed by atoms with Gasteiger partial charge in [-0.1, -0.05) is 29.8 Å². The van der Waals surface area contributed by atoms with Crippen LogP contribution in [0.3, 0.4) is 0 Å². The van der Waals surface area contributed by atoms with E-state index in [1.54, 1.807) is 0 Å². The third-order valence-corrected chi connectivity index (χ3v) is 5.51. The third-order valence-electron chi connectivity index (χ3n) is 5.51. The van der Waals surface area contributed by atoms with Crippen LogP contribution in [-0.4, -0.2) is 98.7 Å². The van der Waals surface area contributed by atoms with Gasteiger partial charge in [0.25, 0.3) is 0 Å². The van der Waals surface area contributed by atoms with Crippen LogP contribution in [-0.2, 0) is 16.0 Å². The number of nitrogens with one attached hydrogen (secondary N) is 1. The first-order valence-electron chi connectivity index (χ1n) is 10.8. The second-order valence-corrected chi connectivity index (χ2v) is 7.73. The lowest BCUT2D eigenvalue weighted by Gasteiger charge is -2.37. The van der Waals surface area contributed by atoms with E-state index < -0.39 is 0 Å². The van der Waals surface area contributed by atoms with E-state index in [4.69, 9.17) is 9.73 Å². The van der Waals surface area contributed by atoms with Crippen LogP contribution in [0.4, 0.5) is 0 Å². The zero-order valence-corrected chi connectivity index (χ0v) is 20.6. The molecule has 0 bridgehead atoms. The maximum absolute atomic E-state index is 12.5. The number of aliphatic imine (C=N–C) groups is 1. The van der Waals surface area contributed by atoms with E-state index in [1.165, 1.54) is 11.1 Å². The van der Waals surface area contributed by atoms with Crippen LogP contribution < -0.4 is 5.32 Å². The average molecular weight is 529 g/mol. The fourth-order valence-electron chi connectivity index (χ4n) is 3.69. The number of ether oxygens (including phenoxy) is 1. The number of hydrogen-bond donors (Lipinski definition) is 1. The van der Waals surface area contributed by atoms with Gasteiger partial charge in [-0.3, -0.25) is 14.7 Å². The molecule has 0 unspecified atom stereocenters. The van der Waals surface area contributed by atoms with Crippen molar-refractivity contribution in [2.45, 2.75) is 20.3 Å². The second kappa shape index (κ2) is 13.1. The molecule has 0 saturated carbocycles. The van der Waals surface area contributed by atoms with Crippen molar-refractivity contribution in [2.24, 2.45) is 4.99 Å². The van der Waals surface area contributed by atoms with Crippen molar-refractivity contribution >= 4 is 35.8 Å². The van der Waals surface area contributed by atoms with Gasteiger partial charge in [0.2, 0.25) is 5.91 Å². The van der Waals surface area contributed by atoms with Crippen molar-refractivity contribution in [1.82, 2.24) is 20.0 Å². The van der Waals surface area contributed by atoms with Crippen molar-refractivity contribution in [3.05, 3.63) is 35.4 Å². The molecule has 3 rings (SSSR count). The number of piperazine rings is 1. The van der Waals surface area contributed by atoms with Crippen molar-refractivity contribution in [3.8, 4) is 0 Å². The summed E-state index contributed by atoms with van der Waals surface area (Å²) in [6.07, 6.45) is 0.948. The molecule has 1 aromatic carbocycles. The number of morpholine rings is 1. The second-order valence-electron chi connectivity index (χ2n) is 7.73. The SMILES string of the molecule is CCNC(=NCCc1ccc(C)cc1)N1CCN(CC(=O)N2CCOCC2)CC1.I. The van der Waals surface area contributed by atoms with Gasteiger partial charge < -0.3 is 19.9 Å². The van der Waals surface area contributed by atoms with E-state index in [-0.39, 0.29) is 29.9 Å². The fraction of sp³-hybridized carbons (Fsp3) is 0.636. The monoisotopic (exact) mass is 529 g/mol. The van der Waals surface area contributed by atoms with Crippen molar-refractivity contribution in [1.29, 1.82) is 0 Å². The Labute approximate surface area is 197 Å². The molecule has 2 saturated heterocycles. The quantitative estimate of drug-likeness (QED) is 0.345. The van der Waals surface area contributed by atoms with Gasteiger partial charge in [-0.25, -0.2) is 0 Å². The smallest absolute Gasteiger partial charge is 0.236 e. The lowest BCUT2D eigenvalue weighted by Crippen LogP contribution is -2.55. The van der Waals surface area contributed by atoms with Crippen LogP contribution in [0.1, 0.15) is 18.1 Å². The van der Waals surface area contributed by atoms with E-state index >= 15 is 0 Å². The molecule has 2 heterocycles. The highest BCUT2D eigenvalue weighted by Gasteiger charge is 2.24. The topological polar surface area (TPSA) is 60.4 Å². The molecule has 2 aliphatic heterocycles. The van der Waals surface area contributed by atoms with Gasteiger partial charge in [0.1, 0.15) is 0 Å². The fourth-order valence-corrected chi connectivity index (χ4v) is 3.69. The normalized spacial score (nSPS) is 18.1. The minimum atomic E-state index is 0. The van der Waals surface area contributed by atoms with Gasteiger partial charge in [0.05, 0.1) is 19.8 Å². The van der Waals surface area contributed by atoms with Crippen LogP contribution in [0.2, 0.25) is 0 Å². The van der Waals surface area contributed by atoms with Gasteiger partial charge in [-0.2, -0.15) is 0 Å². The number of rotatable bonds is 6. The molecule has 1 N–H and O–H groups in total. The van der Waals surface area contributed by atoms with Crippen LogP contribution in [0, 0.1) is 6.92 Å². The summed E-state index contributed by atoms with van der Waals surface area (Å²) in [5.41, 5.74) is 2.61. The number of hydrogen-bond acceptors (Lipinski definition) is 4. The molecule has 1 amide bonds. The molecule has 1 aromatic rings. The summed E-state index contributed by atoms with van der Waals surface area (Å²) >= 11 is 0. The lowest BCUT2D eigenvalue weighted by molar-refractivity contribution is -0.136. The van der Waals surface area contributed by atoms with Gasteiger partial charge >= 0.3 is 0 Å². The molecule has 0 aromatic heterocycles. The third kappa shape index (κ3) is 7.70. The highest BCUT2D eigenvalue weighted by atomic mass is 127. The number of carbonyl (C=O) groups is 1. The standard InChI is InChI=1S/C22H35N5O2.HI/c1-3-23-22(24-9-8-20-6-4-19(2)5-7-20)27-12-10-25(11-13-27)18-21(28)26-14-16-29-17-15-26;/h4-7H,3,8-18H2,1-2H3,(H,23,24);1H. The Bertz CT molecular complexity index is 669. The van der Waals surface area contributed by atoms with E-state index in [0.29, 0.717) is 19.8 Å². The van der Waals surface area contributed by atoms with Crippen LogP contribution >= 0.6 is 24.0 Å². The van der Waals surface area contributed by atoms with E-state index in [9.17, 15) is 4.79 Å². The van der Waals surface area contributed by atoms with Crippen molar-refractivity contribution < 1.29 is 9.53 Å². The maximum Gasteiger partial charge on any atom is 0.236 e. The Morgan fingerprint density at radius 3 is 2.33 bits per heavy atom. The summed E-state index contributed by atoms with van der Waals surface area (Å²) in [5.74, 6) is 1.21. The molecule has 8 heteroatoms. The number of nitrogens with zero attached hydrogens (tertiary/aromatic N) is 4. The largest absolute Gasteiger partial charge is 0.378 e. The number of aryl methyl sites for hydroxylation is 1. The lowest BCUT2D eigenvalue weighted by atomic mass is 10.1. The molecule has 0 aliphatic carbocycles. The van der Waals surface area contributed by atoms with Gasteiger partial charge in [-0.05, 0) is 25.8 Å². The predicted octanol–water partition coefficient (Wildman–Crippen LogP) is 1.60. The van der Waals surface area contributed by atoms with Gasteiger partial charge in [0, 0.05) is 52.4 Å². The summed E-state index contributed by atoms with van der Waals surface area (Å²) in [7, 11) is 0. The average Bonchev–Trinajstić information content (AvgIpc) is 2.76. The summed E-state index contributed by atoms with van der Waals surface area (Å²) in [4.78, 5) is 23.8. The Kier molecular flexibility index (Phi) is 10.9. The summed E-state index contributed by atoms with van der Waals surface area (Å²) in [6.45, 7) is 12.7. The van der Waals surface area contributed by atoms with Crippen LogP contribution in [0.15, 0.2) is 29.3 Å². The molecular weight excluding hydrogens is 493 g/mol. The molecule has 2 aliphatic rings. The first-order valence-corrected chi connectivity index (χ1v) is 10.8. The van der Waals surface area contributed by atoms with E-state index in [2.05, 4.69) is 53.2 Å². The first-order chi connectivity index (χ1) is 14.2. The van der Waals surface area contributed by atoms with E-state index in [0.717, 1.165) is 64.7 Å². The molecule has 0 atom stereocenters. The number of benzene rings is 1. The molecule has 0 radical (unpaired) electrons. The Hall–Kier alpha value is -1.39. The minimum absolute atomic E-state index is 0. The maximum atomic E-state index is 12.5. The summed E-state index contributed by atoms with van der Waals surface area (Å²) in [6, 6.07) is 8.67. The zero-order chi connectivity index (χ0) is 20.5. The van der Waals surface area contributed by atoms with Crippen LogP contribution in [0.25, 0.3) is 0 Å². The highest BCUT2D eigenvalue weighted by Crippen LogP contribution is 2.07. The minimum Gasteiger partial charge on any atom is -0.378 e. The van der Waals surface area contributed by atoms with Gasteiger partial charge in [0.15, 0.2) is 5.96 Å². The number of guanidine groups is 1. The van der Waals surface area contributed by atoms with Crippen LogP contribution in [0.5, 0.6) is 0 Å². The molecule has 0 spiro atoms. The van der Waals surface area contributed by atoms with Gasteiger partial charge in [-0.15, -0.1) is 24.0 Å². The Balaban J connectivity index is 0.00000320. The predicted molar refractivity (Wildman–Crippen MR) is 132 cm³/mol. The number of carbonyl (C=O) groups excluding carboxylic acids is 1. The molecule has 2 fully saturated rings. The molecule has 30 heavy (non-hydrogen) atoms. The van der Waals surface area contributed by atoms with Crippen molar-refractivity contribution in [2.75, 3.05) is 72.1 Å². The first kappa shape index (κ1) is 24.9. The summed E-state index contributed by atoms with van der Waals surface area (Å²) in [5, 5.41) is 3.42.